The molecule has 2 N–H and O–H groups in total. The highest BCUT2D eigenvalue weighted by atomic mass is 35.5. The Bertz CT molecular complexity index is 859. The van der Waals surface area contributed by atoms with Gasteiger partial charge in [0.2, 0.25) is 11.7 Å². The van der Waals surface area contributed by atoms with Crippen molar-refractivity contribution >= 4 is 17.6 Å². The van der Waals surface area contributed by atoms with Crippen LogP contribution in [0, 0.1) is 0 Å². The fourth-order valence-electron chi connectivity index (χ4n) is 2.53. The highest BCUT2D eigenvalue weighted by molar-refractivity contribution is 6.30. The van der Waals surface area contributed by atoms with Gasteiger partial charge in [-0.1, -0.05) is 28.9 Å². The Morgan fingerprint density at radius 2 is 2.07 bits per heavy atom. The summed E-state index contributed by atoms with van der Waals surface area (Å²) in [4.78, 5) is 8.97. The van der Waals surface area contributed by atoms with Gasteiger partial charge in [-0.2, -0.15) is 4.98 Å². The van der Waals surface area contributed by atoms with Crippen LogP contribution in [0.2, 0.25) is 5.02 Å². The lowest BCUT2D eigenvalue weighted by Gasteiger charge is -2.11. The molecular formula is C19H23ClN6O. The van der Waals surface area contributed by atoms with Gasteiger partial charge in [0, 0.05) is 49.0 Å². The van der Waals surface area contributed by atoms with E-state index >= 15 is 0 Å². The van der Waals surface area contributed by atoms with Crippen LogP contribution < -0.4 is 10.6 Å². The summed E-state index contributed by atoms with van der Waals surface area (Å²) in [5.41, 5.74) is 0.834. The van der Waals surface area contributed by atoms with E-state index in [2.05, 4.69) is 30.3 Å². The summed E-state index contributed by atoms with van der Waals surface area (Å²) >= 11 is 6.00. The second-order valence-electron chi connectivity index (χ2n) is 5.88. The van der Waals surface area contributed by atoms with Crippen molar-refractivity contribution in [2.24, 2.45) is 4.99 Å². The van der Waals surface area contributed by atoms with Crippen LogP contribution >= 0.6 is 11.6 Å². The fraction of sp³-hybridized carbons (Fsp3) is 0.316. The zero-order valence-electron chi connectivity index (χ0n) is 15.2. The van der Waals surface area contributed by atoms with Crippen LogP contribution in [0.15, 0.2) is 58.3 Å². The third-order valence-corrected chi connectivity index (χ3v) is 4.05. The maximum atomic E-state index is 6.00. The van der Waals surface area contributed by atoms with E-state index in [0.717, 1.165) is 31.2 Å². The molecule has 0 unspecified atom stereocenters. The average molecular weight is 387 g/mol. The molecule has 2 aromatic heterocycles. The molecule has 3 rings (SSSR count). The van der Waals surface area contributed by atoms with E-state index in [1.807, 2.05) is 55.7 Å². The highest BCUT2D eigenvalue weighted by Gasteiger charge is 2.08. The molecule has 0 fully saturated rings. The number of nitrogens with zero attached hydrogens (tertiary/aromatic N) is 4. The maximum absolute atomic E-state index is 6.00. The van der Waals surface area contributed by atoms with E-state index in [4.69, 9.17) is 16.1 Å². The van der Waals surface area contributed by atoms with E-state index in [9.17, 15) is 0 Å². The van der Waals surface area contributed by atoms with Crippen LogP contribution in [0.3, 0.4) is 0 Å². The van der Waals surface area contributed by atoms with Crippen molar-refractivity contribution < 1.29 is 4.52 Å². The van der Waals surface area contributed by atoms with Gasteiger partial charge in [-0.25, -0.2) is 0 Å². The predicted molar refractivity (Wildman–Crippen MR) is 107 cm³/mol. The molecule has 0 aliphatic heterocycles. The van der Waals surface area contributed by atoms with Gasteiger partial charge in [0.05, 0.1) is 6.54 Å². The second-order valence-corrected chi connectivity index (χ2v) is 6.32. The molecule has 7 nitrogen and oxygen atoms in total. The Hall–Kier alpha value is -2.80. The standard InChI is InChI=1S/C19H23ClN6O/c1-2-21-19(23-10-13-26-11-3-4-12-26)22-9-8-17-24-18(25-27-17)15-6-5-7-16(20)14-15/h3-7,11-12,14H,2,8-10,13H2,1H3,(H2,21,22,23). The molecule has 27 heavy (non-hydrogen) atoms. The summed E-state index contributed by atoms with van der Waals surface area (Å²) in [5, 5.41) is 11.2. The van der Waals surface area contributed by atoms with Gasteiger partial charge in [-0.15, -0.1) is 0 Å². The minimum absolute atomic E-state index is 0.535. The smallest absolute Gasteiger partial charge is 0.228 e. The van der Waals surface area contributed by atoms with Crippen molar-refractivity contribution in [1.82, 2.24) is 25.3 Å². The Balaban J connectivity index is 1.51. The molecule has 0 amide bonds. The van der Waals surface area contributed by atoms with Crippen molar-refractivity contribution in [1.29, 1.82) is 0 Å². The molecule has 142 valence electrons. The van der Waals surface area contributed by atoms with Crippen LogP contribution in [-0.2, 0) is 13.0 Å². The van der Waals surface area contributed by atoms with Crippen molar-refractivity contribution in [3.63, 3.8) is 0 Å². The summed E-state index contributed by atoms with van der Waals surface area (Å²) in [6.07, 6.45) is 4.65. The van der Waals surface area contributed by atoms with Crippen LogP contribution in [0.5, 0.6) is 0 Å². The van der Waals surface area contributed by atoms with Gasteiger partial charge in [-0.3, -0.25) is 4.99 Å². The monoisotopic (exact) mass is 386 g/mol. The van der Waals surface area contributed by atoms with E-state index < -0.39 is 0 Å². The topological polar surface area (TPSA) is 80.3 Å². The van der Waals surface area contributed by atoms with Gasteiger partial charge in [0.15, 0.2) is 5.96 Å². The van der Waals surface area contributed by atoms with Crippen LogP contribution in [-0.4, -0.2) is 40.3 Å². The summed E-state index contributed by atoms with van der Waals surface area (Å²) in [6, 6.07) is 11.4. The molecular weight excluding hydrogens is 364 g/mol. The van der Waals surface area contributed by atoms with Gasteiger partial charge in [-0.05, 0) is 31.2 Å². The largest absolute Gasteiger partial charge is 0.357 e. The number of rotatable bonds is 8. The van der Waals surface area contributed by atoms with Gasteiger partial charge in [0.1, 0.15) is 0 Å². The SMILES string of the molecule is CCNC(=NCCc1nc(-c2cccc(Cl)c2)no1)NCCn1cccc1. The quantitative estimate of drug-likeness (QED) is 0.459. The van der Waals surface area contributed by atoms with Crippen molar-refractivity contribution in [3.8, 4) is 11.4 Å². The van der Waals surface area contributed by atoms with Crippen LogP contribution in [0.25, 0.3) is 11.4 Å². The first kappa shape index (κ1) is 19.0. The van der Waals surface area contributed by atoms with E-state index in [1.165, 1.54) is 0 Å². The molecule has 0 aliphatic carbocycles. The van der Waals surface area contributed by atoms with Crippen molar-refractivity contribution in [2.75, 3.05) is 19.6 Å². The summed E-state index contributed by atoms with van der Waals surface area (Å²) in [7, 11) is 0. The summed E-state index contributed by atoms with van der Waals surface area (Å²) < 4.78 is 7.43. The Kier molecular flexibility index (Phi) is 6.87. The number of halogens is 1. The van der Waals surface area contributed by atoms with Crippen molar-refractivity contribution in [2.45, 2.75) is 19.9 Å². The molecule has 2 heterocycles. The number of aliphatic imine (C=N–C) groups is 1. The molecule has 0 atom stereocenters. The fourth-order valence-corrected chi connectivity index (χ4v) is 2.72. The molecule has 0 saturated carbocycles. The predicted octanol–water partition coefficient (Wildman–Crippen LogP) is 2.99. The van der Waals surface area contributed by atoms with E-state index in [0.29, 0.717) is 29.7 Å². The first-order chi connectivity index (χ1) is 13.2. The minimum Gasteiger partial charge on any atom is -0.357 e. The molecule has 0 spiro atoms. The molecule has 0 radical (unpaired) electrons. The first-order valence-electron chi connectivity index (χ1n) is 8.96. The van der Waals surface area contributed by atoms with Gasteiger partial charge < -0.3 is 19.7 Å². The molecule has 0 saturated heterocycles. The Morgan fingerprint density at radius 1 is 1.22 bits per heavy atom. The molecule has 3 aromatic rings. The van der Waals surface area contributed by atoms with Crippen LogP contribution in [0.1, 0.15) is 12.8 Å². The highest BCUT2D eigenvalue weighted by Crippen LogP contribution is 2.19. The molecule has 0 bridgehead atoms. The average Bonchev–Trinajstić information content (AvgIpc) is 3.34. The Labute approximate surface area is 163 Å². The molecule has 8 heteroatoms. The lowest BCUT2D eigenvalue weighted by atomic mass is 10.2. The number of hydrogen-bond donors (Lipinski definition) is 2. The number of aromatic nitrogens is 3. The molecule has 1 aromatic carbocycles. The second kappa shape index (κ2) is 9.78. The minimum atomic E-state index is 0.535. The zero-order chi connectivity index (χ0) is 18.9. The number of nitrogens with one attached hydrogen (secondary N) is 2. The van der Waals surface area contributed by atoms with Gasteiger partial charge >= 0.3 is 0 Å². The van der Waals surface area contributed by atoms with E-state index in [1.54, 1.807) is 0 Å². The lowest BCUT2D eigenvalue weighted by molar-refractivity contribution is 0.380. The number of hydrogen-bond acceptors (Lipinski definition) is 4. The number of guanidine groups is 1. The van der Waals surface area contributed by atoms with E-state index in [-0.39, 0.29) is 0 Å². The zero-order valence-corrected chi connectivity index (χ0v) is 16.0. The van der Waals surface area contributed by atoms with Crippen molar-refractivity contribution in [3.05, 3.63) is 59.7 Å². The third-order valence-electron chi connectivity index (χ3n) is 3.82. The molecule has 0 aliphatic rings. The van der Waals surface area contributed by atoms with Crippen LogP contribution in [0.4, 0.5) is 0 Å². The third kappa shape index (κ3) is 5.86. The summed E-state index contributed by atoms with van der Waals surface area (Å²) in [5.74, 6) is 1.87. The summed E-state index contributed by atoms with van der Waals surface area (Å²) in [6.45, 7) is 5.06. The first-order valence-corrected chi connectivity index (χ1v) is 9.34. The lowest BCUT2D eigenvalue weighted by Crippen LogP contribution is -2.39. The number of benzene rings is 1. The van der Waals surface area contributed by atoms with Gasteiger partial charge in [0.25, 0.3) is 0 Å². The normalized spacial score (nSPS) is 11.6. The Morgan fingerprint density at radius 3 is 2.85 bits per heavy atom. The maximum Gasteiger partial charge on any atom is 0.228 e.